The Morgan fingerprint density at radius 3 is 2.81 bits per heavy atom. The number of rotatable bonds is 4. The number of ether oxygens (including phenoxy) is 1. The van der Waals surface area contributed by atoms with Crippen LogP contribution in [-0.2, 0) is 6.54 Å². The first-order valence-corrected chi connectivity index (χ1v) is 8.93. The fourth-order valence-corrected chi connectivity index (χ4v) is 3.53. The topological polar surface area (TPSA) is 54.4 Å². The van der Waals surface area contributed by atoms with Gasteiger partial charge in [0.15, 0.2) is 0 Å². The Bertz CT molecular complexity index is 895. The van der Waals surface area contributed by atoms with Crippen LogP contribution in [0.25, 0.3) is 10.9 Å². The van der Waals surface area contributed by atoms with Gasteiger partial charge >= 0.3 is 0 Å². The smallest absolute Gasteiger partial charge is 0.213 e. The van der Waals surface area contributed by atoms with Crippen molar-refractivity contribution in [3.8, 4) is 5.88 Å². The van der Waals surface area contributed by atoms with Crippen LogP contribution in [0.15, 0.2) is 48.8 Å². The van der Waals surface area contributed by atoms with Crippen molar-refractivity contribution in [2.45, 2.75) is 19.5 Å². The minimum absolute atomic E-state index is 0.408. The maximum Gasteiger partial charge on any atom is 0.213 e. The molecule has 3 aromatic rings. The van der Waals surface area contributed by atoms with E-state index in [0.717, 1.165) is 48.6 Å². The number of hydrogen-bond acceptors (Lipinski definition) is 6. The van der Waals surface area contributed by atoms with E-state index in [-0.39, 0.29) is 0 Å². The zero-order valence-electron chi connectivity index (χ0n) is 15.2. The van der Waals surface area contributed by atoms with Crippen molar-refractivity contribution < 1.29 is 4.74 Å². The molecule has 6 nitrogen and oxygen atoms in total. The average Bonchev–Trinajstić information content (AvgIpc) is 2.69. The predicted octanol–water partition coefficient (Wildman–Crippen LogP) is 2.74. The molecule has 1 unspecified atom stereocenters. The Morgan fingerprint density at radius 2 is 1.96 bits per heavy atom. The molecular formula is C20H23N5O. The van der Waals surface area contributed by atoms with Crippen LogP contribution in [0.2, 0.25) is 0 Å². The van der Waals surface area contributed by atoms with Gasteiger partial charge in [0.25, 0.3) is 0 Å². The van der Waals surface area contributed by atoms with Crippen molar-refractivity contribution in [1.82, 2.24) is 19.9 Å². The van der Waals surface area contributed by atoms with Crippen molar-refractivity contribution in [3.05, 3.63) is 54.5 Å². The minimum atomic E-state index is 0.408. The quantitative estimate of drug-likeness (QED) is 0.722. The van der Waals surface area contributed by atoms with E-state index in [2.05, 4.69) is 43.8 Å². The summed E-state index contributed by atoms with van der Waals surface area (Å²) in [5.41, 5.74) is 2.03. The lowest BCUT2D eigenvalue weighted by atomic mass is 10.1. The van der Waals surface area contributed by atoms with Crippen LogP contribution in [0, 0.1) is 0 Å². The third-order valence-electron chi connectivity index (χ3n) is 4.94. The highest BCUT2D eigenvalue weighted by Crippen LogP contribution is 2.25. The Labute approximate surface area is 153 Å². The Hall–Kier alpha value is -2.73. The SMILES string of the molecule is COc1cccc(CN2CCN(c3ncnc4ccccc34)CC2C)n1. The number of pyridine rings is 1. The molecule has 1 aliphatic heterocycles. The number of aromatic nitrogens is 3. The van der Waals surface area contributed by atoms with Gasteiger partial charge in [-0.15, -0.1) is 0 Å². The minimum Gasteiger partial charge on any atom is -0.481 e. The zero-order chi connectivity index (χ0) is 17.9. The summed E-state index contributed by atoms with van der Waals surface area (Å²) in [4.78, 5) is 18.3. The van der Waals surface area contributed by atoms with E-state index in [1.807, 2.05) is 30.3 Å². The van der Waals surface area contributed by atoms with Crippen LogP contribution >= 0.6 is 0 Å². The number of anilines is 1. The van der Waals surface area contributed by atoms with E-state index < -0.39 is 0 Å². The van der Waals surface area contributed by atoms with Crippen LogP contribution in [-0.4, -0.2) is 52.6 Å². The molecular weight excluding hydrogens is 326 g/mol. The summed E-state index contributed by atoms with van der Waals surface area (Å²) in [7, 11) is 1.65. The highest BCUT2D eigenvalue weighted by atomic mass is 16.5. The second kappa shape index (κ2) is 7.25. The third kappa shape index (κ3) is 3.32. The predicted molar refractivity (Wildman–Crippen MR) is 102 cm³/mol. The number of benzene rings is 1. The molecule has 1 aromatic carbocycles. The fraction of sp³-hybridized carbons (Fsp3) is 0.350. The molecule has 0 spiro atoms. The maximum absolute atomic E-state index is 5.23. The molecule has 3 heterocycles. The van der Waals surface area contributed by atoms with Crippen LogP contribution in [0.5, 0.6) is 5.88 Å². The largest absolute Gasteiger partial charge is 0.481 e. The summed E-state index contributed by atoms with van der Waals surface area (Å²) in [6.45, 7) is 5.94. The highest BCUT2D eigenvalue weighted by molar-refractivity contribution is 5.89. The average molecular weight is 349 g/mol. The second-order valence-electron chi connectivity index (χ2n) is 6.65. The van der Waals surface area contributed by atoms with E-state index in [9.17, 15) is 0 Å². The molecule has 1 saturated heterocycles. The van der Waals surface area contributed by atoms with Gasteiger partial charge in [-0.3, -0.25) is 4.90 Å². The number of para-hydroxylation sites is 1. The first kappa shape index (κ1) is 16.7. The summed E-state index contributed by atoms with van der Waals surface area (Å²) in [6.07, 6.45) is 1.66. The Kier molecular flexibility index (Phi) is 4.67. The number of piperazine rings is 1. The number of methoxy groups -OCH3 is 1. The molecule has 26 heavy (non-hydrogen) atoms. The Morgan fingerprint density at radius 1 is 1.08 bits per heavy atom. The van der Waals surface area contributed by atoms with Crippen molar-refractivity contribution in [1.29, 1.82) is 0 Å². The molecule has 1 fully saturated rings. The lowest BCUT2D eigenvalue weighted by Gasteiger charge is -2.40. The molecule has 6 heteroatoms. The third-order valence-corrected chi connectivity index (χ3v) is 4.94. The molecule has 1 aliphatic rings. The summed E-state index contributed by atoms with van der Waals surface area (Å²) in [6, 6.07) is 14.5. The van der Waals surface area contributed by atoms with Crippen LogP contribution in [0.4, 0.5) is 5.82 Å². The number of nitrogens with zero attached hydrogens (tertiary/aromatic N) is 5. The van der Waals surface area contributed by atoms with Crippen LogP contribution in [0.1, 0.15) is 12.6 Å². The van der Waals surface area contributed by atoms with Crippen molar-refractivity contribution >= 4 is 16.7 Å². The first-order valence-electron chi connectivity index (χ1n) is 8.93. The van der Waals surface area contributed by atoms with E-state index in [4.69, 9.17) is 4.74 Å². The summed E-state index contributed by atoms with van der Waals surface area (Å²) < 4.78 is 5.23. The zero-order valence-corrected chi connectivity index (χ0v) is 15.2. The molecule has 0 saturated carbocycles. The first-order chi connectivity index (χ1) is 12.7. The Balaban J connectivity index is 1.49. The van der Waals surface area contributed by atoms with E-state index >= 15 is 0 Å². The second-order valence-corrected chi connectivity index (χ2v) is 6.65. The van der Waals surface area contributed by atoms with Gasteiger partial charge in [0, 0.05) is 43.7 Å². The van der Waals surface area contributed by atoms with Crippen LogP contribution in [0.3, 0.4) is 0 Å². The molecule has 0 N–H and O–H groups in total. The highest BCUT2D eigenvalue weighted by Gasteiger charge is 2.25. The van der Waals surface area contributed by atoms with Gasteiger partial charge in [0.1, 0.15) is 12.1 Å². The van der Waals surface area contributed by atoms with Gasteiger partial charge < -0.3 is 9.64 Å². The van der Waals surface area contributed by atoms with Crippen LogP contribution < -0.4 is 9.64 Å². The molecule has 0 aliphatic carbocycles. The van der Waals surface area contributed by atoms with Gasteiger partial charge in [-0.05, 0) is 25.1 Å². The van der Waals surface area contributed by atoms with Crippen molar-refractivity contribution in [2.24, 2.45) is 0 Å². The fourth-order valence-electron chi connectivity index (χ4n) is 3.53. The maximum atomic E-state index is 5.23. The van der Waals surface area contributed by atoms with Gasteiger partial charge in [-0.1, -0.05) is 18.2 Å². The van der Waals surface area contributed by atoms with Crippen molar-refractivity contribution in [3.63, 3.8) is 0 Å². The summed E-state index contributed by atoms with van der Waals surface area (Å²) >= 11 is 0. The van der Waals surface area contributed by atoms with Gasteiger partial charge in [-0.25, -0.2) is 15.0 Å². The monoisotopic (exact) mass is 349 g/mol. The molecule has 2 aromatic heterocycles. The molecule has 0 radical (unpaired) electrons. The standard InChI is InChI=1S/C20H23N5O/c1-15-12-25(20-17-7-3-4-8-18(17)21-14-22-20)11-10-24(15)13-16-6-5-9-19(23-16)26-2/h3-9,14-15H,10-13H2,1-2H3. The lowest BCUT2D eigenvalue weighted by Crippen LogP contribution is -2.51. The molecule has 4 rings (SSSR count). The number of hydrogen-bond donors (Lipinski definition) is 0. The molecule has 0 bridgehead atoms. The van der Waals surface area contributed by atoms with Crippen molar-refractivity contribution in [2.75, 3.05) is 31.6 Å². The van der Waals surface area contributed by atoms with E-state index in [1.54, 1.807) is 13.4 Å². The summed E-state index contributed by atoms with van der Waals surface area (Å²) in [5, 5.41) is 1.12. The molecule has 0 amide bonds. The van der Waals surface area contributed by atoms with Gasteiger partial charge in [-0.2, -0.15) is 0 Å². The number of fused-ring (bicyclic) bond motifs is 1. The summed E-state index contributed by atoms with van der Waals surface area (Å²) in [5.74, 6) is 1.70. The van der Waals surface area contributed by atoms with Gasteiger partial charge in [0.05, 0.1) is 18.3 Å². The molecule has 134 valence electrons. The van der Waals surface area contributed by atoms with E-state index in [0.29, 0.717) is 11.9 Å². The normalized spacial score (nSPS) is 18.2. The molecule has 1 atom stereocenters. The van der Waals surface area contributed by atoms with Gasteiger partial charge in [0.2, 0.25) is 5.88 Å². The lowest BCUT2D eigenvalue weighted by molar-refractivity contribution is 0.178. The van der Waals surface area contributed by atoms with E-state index in [1.165, 1.54) is 0 Å².